The Morgan fingerprint density at radius 3 is 2.53 bits per heavy atom. The maximum Gasteiger partial charge on any atom is 0.0605 e. The Balaban J connectivity index is 1.49. The lowest BCUT2D eigenvalue weighted by Gasteiger charge is -2.38. The highest BCUT2D eigenvalue weighted by Crippen LogP contribution is 2.30. The van der Waals surface area contributed by atoms with E-state index in [2.05, 4.69) is 17.1 Å². The fourth-order valence-corrected chi connectivity index (χ4v) is 3.70. The van der Waals surface area contributed by atoms with Crippen molar-refractivity contribution in [2.45, 2.75) is 57.1 Å². The molecular formula is C15H25NO. The second kappa shape index (κ2) is 5.53. The van der Waals surface area contributed by atoms with Crippen molar-refractivity contribution >= 4 is 0 Å². The minimum atomic E-state index is 0.596. The number of allylic oxidation sites excluding steroid dienone is 1. The molecule has 0 aromatic carbocycles. The number of hydrogen-bond donors (Lipinski definition) is 0. The first-order valence-corrected chi connectivity index (χ1v) is 7.46. The third kappa shape index (κ3) is 2.74. The average molecular weight is 235 g/mol. The maximum atomic E-state index is 5.84. The van der Waals surface area contributed by atoms with Crippen LogP contribution in [0.15, 0.2) is 12.2 Å². The van der Waals surface area contributed by atoms with Crippen molar-refractivity contribution in [2.24, 2.45) is 5.92 Å². The Bertz CT molecular complexity index is 262. The first-order valence-electron chi connectivity index (χ1n) is 7.46. The summed E-state index contributed by atoms with van der Waals surface area (Å²) in [5.41, 5.74) is 0. The number of ether oxygens (including phenoxy) is 1. The third-order valence-electron chi connectivity index (χ3n) is 4.76. The maximum absolute atomic E-state index is 5.84. The molecule has 0 N–H and O–H groups in total. The van der Waals surface area contributed by atoms with Gasteiger partial charge in [0.15, 0.2) is 0 Å². The molecule has 0 amide bonds. The SMILES string of the molecule is C1=CC(N2CCC(C3CCCO3)CC2)CCC1. The Labute approximate surface area is 105 Å². The average Bonchev–Trinajstić information content (AvgIpc) is 2.94. The molecule has 0 radical (unpaired) electrons. The van der Waals surface area contributed by atoms with Crippen molar-refractivity contribution in [1.82, 2.24) is 4.90 Å². The van der Waals surface area contributed by atoms with E-state index in [0.29, 0.717) is 6.10 Å². The molecule has 96 valence electrons. The zero-order valence-electron chi connectivity index (χ0n) is 10.8. The second-order valence-corrected chi connectivity index (χ2v) is 5.85. The van der Waals surface area contributed by atoms with Crippen LogP contribution in [0.5, 0.6) is 0 Å². The van der Waals surface area contributed by atoms with Crippen LogP contribution < -0.4 is 0 Å². The molecule has 2 heteroatoms. The molecule has 2 saturated heterocycles. The smallest absolute Gasteiger partial charge is 0.0605 e. The summed E-state index contributed by atoms with van der Waals surface area (Å²) in [7, 11) is 0. The van der Waals surface area contributed by atoms with Gasteiger partial charge in [-0.3, -0.25) is 4.90 Å². The number of rotatable bonds is 2. The molecule has 0 aromatic heterocycles. The molecule has 2 aliphatic heterocycles. The number of likely N-dealkylation sites (tertiary alicyclic amines) is 1. The van der Waals surface area contributed by atoms with Gasteiger partial charge in [-0.1, -0.05) is 12.2 Å². The van der Waals surface area contributed by atoms with Gasteiger partial charge in [-0.05, 0) is 64.0 Å². The lowest BCUT2D eigenvalue weighted by atomic mass is 9.88. The predicted molar refractivity (Wildman–Crippen MR) is 70.1 cm³/mol. The van der Waals surface area contributed by atoms with Crippen LogP contribution in [0.1, 0.15) is 44.9 Å². The van der Waals surface area contributed by atoms with Gasteiger partial charge in [0, 0.05) is 12.6 Å². The Morgan fingerprint density at radius 2 is 1.88 bits per heavy atom. The number of nitrogens with zero attached hydrogens (tertiary/aromatic N) is 1. The zero-order chi connectivity index (χ0) is 11.5. The summed E-state index contributed by atoms with van der Waals surface area (Å²) in [5.74, 6) is 0.848. The molecule has 2 atom stereocenters. The molecule has 0 spiro atoms. The Morgan fingerprint density at radius 1 is 1.00 bits per heavy atom. The molecule has 2 unspecified atom stereocenters. The van der Waals surface area contributed by atoms with Crippen LogP contribution in [-0.4, -0.2) is 36.7 Å². The van der Waals surface area contributed by atoms with Crippen molar-refractivity contribution in [3.8, 4) is 0 Å². The van der Waals surface area contributed by atoms with Crippen LogP contribution in [-0.2, 0) is 4.74 Å². The molecule has 1 aliphatic carbocycles. The summed E-state index contributed by atoms with van der Waals surface area (Å²) in [5, 5.41) is 0. The lowest BCUT2D eigenvalue weighted by Crippen LogP contribution is -2.43. The van der Waals surface area contributed by atoms with Gasteiger partial charge in [0.1, 0.15) is 0 Å². The van der Waals surface area contributed by atoms with Gasteiger partial charge >= 0.3 is 0 Å². The Hall–Kier alpha value is -0.340. The molecule has 3 rings (SSSR count). The number of hydrogen-bond acceptors (Lipinski definition) is 2. The Kier molecular flexibility index (Phi) is 3.82. The van der Waals surface area contributed by atoms with Crippen LogP contribution in [0.25, 0.3) is 0 Å². The van der Waals surface area contributed by atoms with Crippen molar-refractivity contribution in [2.75, 3.05) is 19.7 Å². The minimum Gasteiger partial charge on any atom is -0.378 e. The molecule has 3 aliphatic rings. The molecular weight excluding hydrogens is 210 g/mol. The zero-order valence-corrected chi connectivity index (χ0v) is 10.8. The fourth-order valence-electron chi connectivity index (χ4n) is 3.70. The van der Waals surface area contributed by atoms with E-state index in [1.165, 1.54) is 58.0 Å². The highest BCUT2D eigenvalue weighted by Gasteiger charge is 2.31. The van der Waals surface area contributed by atoms with Crippen molar-refractivity contribution in [3.63, 3.8) is 0 Å². The van der Waals surface area contributed by atoms with Gasteiger partial charge in [-0.25, -0.2) is 0 Å². The molecule has 0 aromatic rings. The van der Waals surface area contributed by atoms with E-state index in [0.717, 1.165) is 18.6 Å². The summed E-state index contributed by atoms with van der Waals surface area (Å²) in [4.78, 5) is 2.70. The standard InChI is InChI=1S/C15H25NO/c1-2-5-14(6-3-1)16-10-8-13(9-11-16)15-7-4-12-17-15/h2,5,13-15H,1,3-4,6-12H2. The molecule has 0 saturated carbocycles. The van der Waals surface area contributed by atoms with E-state index in [4.69, 9.17) is 4.74 Å². The van der Waals surface area contributed by atoms with Crippen LogP contribution in [0.4, 0.5) is 0 Å². The third-order valence-corrected chi connectivity index (χ3v) is 4.76. The fraction of sp³-hybridized carbons (Fsp3) is 0.867. The van der Waals surface area contributed by atoms with Gasteiger partial charge in [0.2, 0.25) is 0 Å². The summed E-state index contributed by atoms with van der Waals surface area (Å²) >= 11 is 0. The van der Waals surface area contributed by atoms with Crippen LogP contribution in [0.2, 0.25) is 0 Å². The largest absolute Gasteiger partial charge is 0.378 e. The van der Waals surface area contributed by atoms with Crippen LogP contribution >= 0.6 is 0 Å². The normalized spacial score (nSPS) is 36.5. The summed E-state index contributed by atoms with van der Waals surface area (Å²) in [6.07, 6.45) is 14.8. The van der Waals surface area contributed by atoms with Gasteiger partial charge in [0.05, 0.1) is 6.10 Å². The second-order valence-electron chi connectivity index (χ2n) is 5.85. The predicted octanol–water partition coefficient (Wildman–Crippen LogP) is 2.99. The molecule has 2 heterocycles. The monoisotopic (exact) mass is 235 g/mol. The van der Waals surface area contributed by atoms with Crippen molar-refractivity contribution in [1.29, 1.82) is 0 Å². The van der Waals surface area contributed by atoms with E-state index in [1.54, 1.807) is 0 Å². The van der Waals surface area contributed by atoms with E-state index >= 15 is 0 Å². The van der Waals surface area contributed by atoms with E-state index in [-0.39, 0.29) is 0 Å². The molecule has 0 bridgehead atoms. The van der Waals surface area contributed by atoms with Crippen molar-refractivity contribution in [3.05, 3.63) is 12.2 Å². The number of piperidine rings is 1. The first kappa shape index (κ1) is 11.7. The summed E-state index contributed by atoms with van der Waals surface area (Å²) in [6, 6.07) is 0.745. The molecule has 17 heavy (non-hydrogen) atoms. The lowest BCUT2D eigenvalue weighted by molar-refractivity contribution is 0.0260. The van der Waals surface area contributed by atoms with Crippen LogP contribution in [0, 0.1) is 5.92 Å². The summed E-state index contributed by atoms with van der Waals surface area (Å²) < 4.78 is 5.84. The van der Waals surface area contributed by atoms with Gasteiger partial charge < -0.3 is 4.74 Å². The minimum absolute atomic E-state index is 0.596. The van der Waals surface area contributed by atoms with E-state index in [1.807, 2.05) is 0 Å². The highest BCUT2D eigenvalue weighted by atomic mass is 16.5. The first-order chi connectivity index (χ1) is 8.43. The van der Waals surface area contributed by atoms with E-state index < -0.39 is 0 Å². The van der Waals surface area contributed by atoms with Crippen molar-refractivity contribution < 1.29 is 4.74 Å². The quantitative estimate of drug-likeness (QED) is 0.682. The van der Waals surface area contributed by atoms with Gasteiger partial charge in [-0.2, -0.15) is 0 Å². The van der Waals surface area contributed by atoms with Crippen LogP contribution in [0.3, 0.4) is 0 Å². The molecule has 2 nitrogen and oxygen atoms in total. The van der Waals surface area contributed by atoms with Gasteiger partial charge in [-0.15, -0.1) is 0 Å². The summed E-state index contributed by atoms with van der Waals surface area (Å²) in [6.45, 7) is 3.59. The van der Waals surface area contributed by atoms with Gasteiger partial charge in [0.25, 0.3) is 0 Å². The highest BCUT2D eigenvalue weighted by molar-refractivity contribution is 4.99. The topological polar surface area (TPSA) is 12.5 Å². The molecule has 2 fully saturated rings. The van der Waals surface area contributed by atoms with E-state index in [9.17, 15) is 0 Å².